The van der Waals surface area contributed by atoms with Crippen LogP contribution in [0, 0.1) is 18.8 Å². The number of piperidine rings is 1. The molecule has 1 aromatic carbocycles. The maximum Gasteiger partial charge on any atom is 0.147 e. The number of benzene rings is 1. The van der Waals surface area contributed by atoms with Crippen molar-refractivity contribution in [2.75, 3.05) is 19.6 Å². The van der Waals surface area contributed by atoms with Crippen LogP contribution in [-0.2, 0) is 11.2 Å². The summed E-state index contributed by atoms with van der Waals surface area (Å²) in [5, 5.41) is 12.4. The third kappa shape index (κ3) is 4.87. The van der Waals surface area contributed by atoms with Gasteiger partial charge in [0, 0.05) is 48.3 Å². The molecular formula is C23H28N4OS. The molecule has 6 heteroatoms. The van der Waals surface area contributed by atoms with Crippen molar-refractivity contribution in [1.82, 2.24) is 20.1 Å². The molecular weight excluding hydrogens is 380 g/mol. The van der Waals surface area contributed by atoms with Gasteiger partial charge in [0.25, 0.3) is 0 Å². The molecule has 1 aliphatic heterocycles. The van der Waals surface area contributed by atoms with Crippen molar-refractivity contribution in [3.8, 4) is 10.6 Å². The Labute approximate surface area is 176 Å². The number of hydrogen-bond acceptors (Lipinski definition) is 6. The number of aryl methyl sites for hydroxylation is 1. The molecule has 0 N–H and O–H groups in total. The number of nitrogens with zero attached hydrogens (tertiary/aromatic N) is 4. The summed E-state index contributed by atoms with van der Waals surface area (Å²) < 4.78 is 0. The largest absolute Gasteiger partial charge is 0.302 e. The highest BCUT2D eigenvalue weighted by atomic mass is 32.1. The van der Waals surface area contributed by atoms with Gasteiger partial charge >= 0.3 is 0 Å². The highest BCUT2D eigenvalue weighted by Gasteiger charge is 2.26. The van der Waals surface area contributed by atoms with Gasteiger partial charge in [-0.3, -0.25) is 9.78 Å². The lowest BCUT2D eigenvalue weighted by Crippen LogP contribution is -2.40. The standard InChI is InChI=1S/C23H28N4OS/c1-15(2)13-27-8-4-5-19(14-27)22(28)11-21-10-20-9-17(6-7-18(20)12-24-21)23-26-25-16(3)29-23/h6-7,9-10,12,15,19H,4-5,8,11,13-14H2,1-3H3/t19-/m1/s1. The van der Waals surface area contributed by atoms with Gasteiger partial charge in [0.05, 0.1) is 0 Å². The minimum atomic E-state index is 0.135. The highest BCUT2D eigenvalue weighted by molar-refractivity contribution is 7.14. The summed E-state index contributed by atoms with van der Waals surface area (Å²) in [6.45, 7) is 9.52. The Bertz CT molecular complexity index is 1010. The van der Waals surface area contributed by atoms with Crippen LogP contribution in [0.1, 0.15) is 37.4 Å². The maximum absolute atomic E-state index is 12.9. The molecule has 0 unspecified atom stereocenters. The summed E-state index contributed by atoms with van der Waals surface area (Å²) in [7, 11) is 0. The third-order valence-corrected chi connectivity index (χ3v) is 6.38. The van der Waals surface area contributed by atoms with Crippen molar-refractivity contribution >= 4 is 27.9 Å². The van der Waals surface area contributed by atoms with Crippen LogP contribution in [0.4, 0.5) is 0 Å². The summed E-state index contributed by atoms with van der Waals surface area (Å²) >= 11 is 1.59. The Morgan fingerprint density at radius 2 is 2.10 bits per heavy atom. The van der Waals surface area contributed by atoms with Crippen molar-refractivity contribution in [3.05, 3.63) is 41.2 Å². The van der Waals surface area contributed by atoms with Crippen LogP contribution in [0.15, 0.2) is 30.5 Å². The van der Waals surface area contributed by atoms with E-state index in [1.807, 2.05) is 13.1 Å². The minimum absolute atomic E-state index is 0.135. The number of rotatable bonds is 6. The van der Waals surface area contributed by atoms with Gasteiger partial charge in [-0.15, -0.1) is 10.2 Å². The molecule has 0 bridgehead atoms. The number of carbonyl (C=O) groups is 1. The quantitative estimate of drug-likeness (QED) is 0.599. The summed E-state index contributed by atoms with van der Waals surface area (Å²) in [4.78, 5) is 19.9. The van der Waals surface area contributed by atoms with Crippen LogP contribution in [-0.4, -0.2) is 45.5 Å². The molecule has 29 heavy (non-hydrogen) atoms. The Morgan fingerprint density at radius 3 is 2.86 bits per heavy atom. The Balaban J connectivity index is 1.49. The number of ketones is 1. The number of fused-ring (bicyclic) bond motifs is 1. The van der Waals surface area contributed by atoms with Crippen LogP contribution in [0.3, 0.4) is 0 Å². The number of carbonyl (C=O) groups excluding carboxylic acids is 1. The van der Waals surface area contributed by atoms with E-state index in [9.17, 15) is 4.79 Å². The molecule has 1 fully saturated rings. The summed E-state index contributed by atoms with van der Waals surface area (Å²) in [5.41, 5.74) is 1.91. The van der Waals surface area contributed by atoms with E-state index < -0.39 is 0 Å². The van der Waals surface area contributed by atoms with Gasteiger partial charge < -0.3 is 4.90 Å². The number of aromatic nitrogens is 3. The van der Waals surface area contributed by atoms with Gasteiger partial charge in [-0.1, -0.05) is 37.3 Å². The lowest BCUT2D eigenvalue weighted by atomic mass is 9.90. The predicted molar refractivity (Wildman–Crippen MR) is 118 cm³/mol. The number of pyridine rings is 1. The Hall–Kier alpha value is -2.18. The van der Waals surface area contributed by atoms with Crippen molar-refractivity contribution in [2.45, 2.75) is 40.0 Å². The highest BCUT2D eigenvalue weighted by Crippen LogP contribution is 2.27. The van der Waals surface area contributed by atoms with Gasteiger partial charge in [-0.2, -0.15) is 0 Å². The van der Waals surface area contributed by atoms with Crippen LogP contribution in [0.25, 0.3) is 21.3 Å². The molecule has 5 nitrogen and oxygen atoms in total. The van der Waals surface area contributed by atoms with Crippen LogP contribution in [0.5, 0.6) is 0 Å². The van der Waals surface area contributed by atoms with Gasteiger partial charge in [0.2, 0.25) is 0 Å². The first-order valence-electron chi connectivity index (χ1n) is 10.4. The summed E-state index contributed by atoms with van der Waals surface area (Å²) in [6, 6.07) is 8.29. The van der Waals surface area contributed by atoms with Crippen molar-refractivity contribution in [2.24, 2.45) is 11.8 Å². The van der Waals surface area contributed by atoms with Crippen LogP contribution in [0.2, 0.25) is 0 Å². The molecule has 0 saturated carbocycles. The van der Waals surface area contributed by atoms with Crippen LogP contribution >= 0.6 is 11.3 Å². The first-order chi connectivity index (χ1) is 14.0. The molecule has 4 rings (SSSR count). The minimum Gasteiger partial charge on any atom is -0.302 e. The van der Waals surface area contributed by atoms with E-state index in [1.54, 1.807) is 11.3 Å². The molecule has 0 radical (unpaired) electrons. The Morgan fingerprint density at radius 1 is 1.24 bits per heavy atom. The molecule has 1 saturated heterocycles. The van der Waals surface area contributed by atoms with E-state index in [1.165, 1.54) is 0 Å². The number of hydrogen-bond donors (Lipinski definition) is 0. The van der Waals surface area contributed by atoms with Gasteiger partial charge in [-0.25, -0.2) is 0 Å². The first kappa shape index (κ1) is 20.1. The zero-order valence-electron chi connectivity index (χ0n) is 17.4. The second kappa shape index (κ2) is 8.67. The Kier molecular flexibility index (Phi) is 6.01. The normalized spacial score (nSPS) is 17.9. The third-order valence-electron chi connectivity index (χ3n) is 5.49. The zero-order valence-corrected chi connectivity index (χ0v) is 18.2. The number of Topliss-reactive ketones (excluding diaryl/α,β-unsaturated/α-hetero) is 1. The van der Waals surface area contributed by atoms with Crippen molar-refractivity contribution in [3.63, 3.8) is 0 Å². The van der Waals surface area contributed by atoms with E-state index >= 15 is 0 Å². The second-order valence-corrected chi connectivity index (χ2v) is 9.68. The molecule has 0 aliphatic carbocycles. The molecule has 3 heterocycles. The maximum atomic E-state index is 12.9. The second-order valence-electron chi connectivity index (χ2n) is 8.50. The topological polar surface area (TPSA) is 59.0 Å². The SMILES string of the molecule is Cc1nnc(-c2ccc3cnc(CC(=O)[C@@H]4CCCN(CC(C)C)C4)cc3c2)s1. The lowest BCUT2D eigenvalue weighted by Gasteiger charge is -2.33. The number of likely N-dealkylation sites (tertiary alicyclic amines) is 1. The molecule has 0 spiro atoms. The van der Waals surface area contributed by atoms with E-state index in [2.05, 4.69) is 58.2 Å². The molecule has 1 atom stereocenters. The van der Waals surface area contributed by atoms with Crippen LogP contribution < -0.4 is 0 Å². The fourth-order valence-corrected chi connectivity index (χ4v) is 4.84. The van der Waals surface area contributed by atoms with E-state index in [0.29, 0.717) is 18.1 Å². The van der Waals surface area contributed by atoms with E-state index in [-0.39, 0.29) is 5.92 Å². The lowest BCUT2D eigenvalue weighted by molar-refractivity contribution is -0.124. The monoisotopic (exact) mass is 408 g/mol. The van der Waals surface area contributed by atoms with E-state index in [4.69, 9.17) is 0 Å². The summed E-state index contributed by atoms with van der Waals surface area (Å²) in [6.07, 6.45) is 4.40. The average Bonchev–Trinajstić information content (AvgIpc) is 3.13. The predicted octanol–water partition coefficient (Wildman–Crippen LogP) is 4.54. The van der Waals surface area contributed by atoms with Crippen molar-refractivity contribution < 1.29 is 4.79 Å². The van der Waals surface area contributed by atoms with E-state index in [0.717, 1.165) is 64.5 Å². The van der Waals surface area contributed by atoms with Crippen molar-refractivity contribution in [1.29, 1.82) is 0 Å². The molecule has 2 aromatic heterocycles. The molecule has 0 amide bonds. The summed E-state index contributed by atoms with van der Waals surface area (Å²) in [5.74, 6) is 1.09. The molecule has 1 aliphatic rings. The zero-order chi connectivity index (χ0) is 20.4. The van der Waals surface area contributed by atoms with Gasteiger partial charge in [-0.05, 0) is 49.7 Å². The fourth-order valence-electron chi connectivity index (χ4n) is 4.15. The molecule has 152 valence electrons. The van der Waals surface area contributed by atoms with Gasteiger partial charge in [0.15, 0.2) is 0 Å². The first-order valence-corrected chi connectivity index (χ1v) is 11.2. The van der Waals surface area contributed by atoms with Gasteiger partial charge in [0.1, 0.15) is 15.8 Å². The fraction of sp³-hybridized carbons (Fsp3) is 0.478. The average molecular weight is 409 g/mol. The smallest absolute Gasteiger partial charge is 0.147 e. The molecule has 3 aromatic rings.